The van der Waals surface area contributed by atoms with Crippen molar-refractivity contribution in [3.05, 3.63) is 28.2 Å². The van der Waals surface area contributed by atoms with Crippen molar-refractivity contribution in [1.82, 2.24) is 5.32 Å². The molecule has 1 aromatic rings. The van der Waals surface area contributed by atoms with Gasteiger partial charge in [0.05, 0.1) is 11.2 Å². The zero-order valence-corrected chi connectivity index (χ0v) is 13.1. The van der Waals surface area contributed by atoms with Crippen LogP contribution in [0.3, 0.4) is 0 Å². The Hall–Kier alpha value is -1.56. The van der Waals surface area contributed by atoms with Gasteiger partial charge in [0.1, 0.15) is 0 Å². The first-order chi connectivity index (χ1) is 8.69. The van der Waals surface area contributed by atoms with Crippen molar-refractivity contribution in [3.8, 4) is 0 Å². The third kappa shape index (κ3) is 5.30. The second-order valence-corrected chi connectivity index (χ2v) is 6.03. The van der Waals surface area contributed by atoms with Gasteiger partial charge in [-0.1, -0.05) is 12.1 Å². The molecule has 0 spiro atoms. The van der Waals surface area contributed by atoms with E-state index in [0.717, 1.165) is 10.0 Å². The van der Waals surface area contributed by atoms with Crippen molar-refractivity contribution >= 4 is 33.6 Å². The molecule has 0 saturated carbocycles. The molecule has 1 aromatic carbocycles. The third-order valence-electron chi connectivity index (χ3n) is 2.16. The van der Waals surface area contributed by atoms with E-state index in [1.807, 2.05) is 45.9 Å². The molecule has 0 aliphatic carbocycles. The number of hydrogen-bond donors (Lipinski definition) is 3. The van der Waals surface area contributed by atoms with Crippen LogP contribution in [-0.2, 0) is 0 Å². The zero-order chi connectivity index (χ0) is 14.6. The van der Waals surface area contributed by atoms with E-state index in [4.69, 9.17) is 5.73 Å². The van der Waals surface area contributed by atoms with Crippen LogP contribution in [0.4, 0.5) is 10.5 Å². The highest BCUT2D eigenvalue weighted by molar-refractivity contribution is 9.10. The highest BCUT2D eigenvalue weighted by atomic mass is 79.9. The van der Waals surface area contributed by atoms with Crippen LogP contribution in [0.2, 0.25) is 0 Å². The lowest BCUT2D eigenvalue weighted by atomic mass is 10.1. The summed E-state index contributed by atoms with van der Waals surface area (Å²) < 4.78 is 0.814. The second kappa shape index (κ2) is 6.06. The van der Waals surface area contributed by atoms with E-state index in [1.54, 1.807) is 0 Å². The maximum atomic E-state index is 11.8. The van der Waals surface area contributed by atoms with Crippen molar-refractivity contribution in [2.75, 3.05) is 5.32 Å². The van der Waals surface area contributed by atoms with E-state index < -0.39 is 6.03 Å². The number of hydrogen-bond acceptors (Lipinski definition) is 2. The van der Waals surface area contributed by atoms with E-state index in [1.165, 1.54) is 0 Å². The molecule has 0 aliphatic rings. The minimum absolute atomic E-state index is 0.0923. The van der Waals surface area contributed by atoms with Crippen LogP contribution < -0.4 is 16.4 Å². The lowest BCUT2D eigenvalue weighted by Gasteiger charge is -2.15. The number of nitrogens with zero attached hydrogens (tertiary/aromatic N) is 1. The molecule has 2 amide bonds. The van der Waals surface area contributed by atoms with Crippen LogP contribution in [0, 0.1) is 6.92 Å². The van der Waals surface area contributed by atoms with Gasteiger partial charge in [0.15, 0.2) is 5.96 Å². The van der Waals surface area contributed by atoms with Gasteiger partial charge in [-0.05, 0) is 55.3 Å². The number of urea groups is 1. The number of nitrogens with two attached hydrogens (primary N) is 1. The van der Waals surface area contributed by atoms with Gasteiger partial charge >= 0.3 is 6.03 Å². The number of guanidine groups is 1. The molecule has 1 rings (SSSR count). The van der Waals surface area contributed by atoms with Crippen LogP contribution in [0.5, 0.6) is 0 Å². The van der Waals surface area contributed by atoms with Gasteiger partial charge in [0, 0.05) is 4.47 Å². The Kier molecular flexibility index (Phi) is 4.94. The largest absolute Gasteiger partial charge is 0.370 e. The SMILES string of the molecule is Cc1cccc(Br)c1NC(=O)NC(N)=NC(C)(C)C. The summed E-state index contributed by atoms with van der Waals surface area (Å²) >= 11 is 3.39. The van der Waals surface area contributed by atoms with E-state index >= 15 is 0 Å². The summed E-state index contributed by atoms with van der Waals surface area (Å²) in [6, 6.07) is 5.25. The van der Waals surface area contributed by atoms with E-state index in [2.05, 4.69) is 31.6 Å². The van der Waals surface area contributed by atoms with Crippen molar-refractivity contribution in [3.63, 3.8) is 0 Å². The smallest absolute Gasteiger partial charge is 0.326 e. The lowest BCUT2D eigenvalue weighted by molar-refractivity contribution is 0.256. The number of aliphatic imine (C=N–C) groups is 1. The normalized spacial score (nSPS) is 12.2. The van der Waals surface area contributed by atoms with Crippen LogP contribution in [-0.4, -0.2) is 17.5 Å². The molecule has 0 fully saturated rings. The van der Waals surface area contributed by atoms with Crippen LogP contribution in [0.1, 0.15) is 26.3 Å². The molecule has 104 valence electrons. The number of rotatable bonds is 1. The minimum Gasteiger partial charge on any atom is -0.370 e. The molecule has 0 atom stereocenters. The van der Waals surface area contributed by atoms with Gasteiger partial charge < -0.3 is 11.1 Å². The summed E-state index contributed by atoms with van der Waals surface area (Å²) in [7, 11) is 0. The standard InChI is InChI=1S/C13H19BrN4O/c1-8-6-5-7-9(14)10(8)16-12(19)17-11(15)18-13(2,3)4/h5-7H,1-4H3,(H4,15,16,17,18,19). The van der Waals surface area contributed by atoms with Crippen molar-refractivity contribution in [2.24, 2.45) is 10.7 Å². The first kappa shape index (κ1) is 15.5. The summed E-state index contributed by atoms with van der Waals surface area (Å²) in [6.45, 7) is 7.61. The Bertz CT molecular complexity index is 486. The number of nitrogens with one attached hydrogen (secondary N) is 2. The fraction of sp³-hybridized carbons (Fsp3) is 0.385. The predicted octanol–water partition coefficient (Wildman–Crippen LogP) is 2.99. The molecule has 19 heavy (non-hydrogen) atoms. The van der Waals surface area contributed by atoms with Gasteiger partial charge in [-0.3, -0.25) is 5.32 Å². The van der Waals surface area contributed by atoms with Gasteiger partial charge in [0.25, 0.3) is 0 Å². The fourth-order valence-corrected chi connectivity index (χ4v) is 2.01. The molecule has 0 bridgehead atoms. The van der Waals surface area contributed by atoms with E-state index in [0.29, 0.717) is 5.69 Å². The number of benzene rings is 1. The highest BCUT2D eigenvalue weighted by Crippen LogP contribution is 2.25. The third-order valence-corrected chi connectivity index (χ3v) is 2.82. The highest BCUT2D eigenvalue weighted by Gasteiger charge is 2.11. The van der Waals surface area contributed by atoms with Crippen molar-refractivity contribution in [2.45, 2.75) is 33.2 Å². The van der Waals surface area contributed by atoms with Crippen LogP contribution in [0.25, 0.3) is 0 Å². The maximum absolute atomic E-state index is 11.8. The summed E-state index contributed by atoms with van der Waals surface area (Å²) in [5.41, 5.74) is 6.99. The van der Waals surface area contributed by atoms with Gasteiger partial charge in [-0.2, -0.15) is 0 Å². The number of carbonyl (C=O) groups excluding carboxylic acids is 1. The van der Waals surface area contributed by atoms with E-state index in [9.17, 15) is 4.79 Å². The molecule has 5 nitrogen and oxygen atoms in total. The summed E-state index contributed by atoms with van der Waals surface area (Å²) in [5, 5.41) is 5.23. The van der Waals surface area contributed by atoms with Crippen LogP contribution >= 0.6 is 15.9 Å². The average Bonchev–Trinajstić information content (AvgIpc) is 2.20. The molecular weight excluding hydrogens is 308 g/mol. The number of carbonyl (C=O) groups is 1. The molecule has 0 radical (unpaired) electrons. The number of para-hydroxylation sites is 1. The Labute approximate surface area is 121 Å². The Morgan fingerprint density at radius 1 is 1.37 bits per heavy atom. The predicted molar refractivity (Wildman–Crippen MR) is 82.4 cm³/mol. The Balaban J connectivity index is 2.74. The fourth-order valence-electron chi connectivity index (χ4n) is 1.44. The van der Waals surface area contributed by atoms with Crippen LogP contribution in [0.15, 0.2) is 27.7 Å². The second-order valence-electron chi connectivity index (χ2n) is 5.18. The number of halogens is 1. The molecular formula is C13H19BrN4O. The summed E-state index contributed by atoms with van der Waals surface area (Å²) in [5.74, 6) is 0.0923. The number of amides is 2. The number of aryl methyl sites for hydroxylation is 1. The summed E-state index contributed by atoms with van der Waals surface area (Å²) in [6.07, 6.45) is 0. The number of anilines is 1. The van der Waals surface area contributed by atoms with Crippen molar-refractivity contribution < 1.29 is 4.79 Å². The molecule has 6 heteroatoms. The molecule has 0 aliphatic heterocycles. The molecule has 0 aromatic heterocycles. The Morgan fingerprint density at radius 3 is 2.53 bits per heavy atom. The minimum atomic E-state index is -0.416. The first-order valence-electron chi connectivity index (χ1n) is 5.87. The van der Waals surface area contributed by atoms with E-state index in [-0.39, 0.29) is 11.5 Å². The lowest BCUT2D eigenvalue weighted by Crippen LogP contribution is -2.41. The molecule has 4 N–H and O–H groups in total. The monoisotopic (exact) mass is 326 g/mol. The maximum Gasteiger partial charge on any atom is 0.326 e. The van der Waals surface area contributed by atoms with Gasteiger partial charge in [-0.15, -0.1) is 0 Å². The topological polar surface area (TPSA) is 79.5 Å². The average molecular weight is 327 g/mol. The molecule has 0 unspecified atom stereocenters. The first-order valence-corrected chi connectivity index (χ1v) is 6.67. The van der Waals surface area contributed by atoms with Gasteiger partial charge in [0.2, 0.25) is 0 Å². The Morgan fingerprint density at radius 2 is 2.00 bits per heavy atom. The van der Waals surface area contributed by atoms with Gasteiger partial charge in [-0.25, -0.2) is 9.79 Å². The quantitative estimate of drug-likeness (QED) is 0.548. The summed E-state index contributed by atoms with van der Waals surface area (Å²) in [4.78, 5) is 16.0. The molecule has 0 heterocycles. The molecule has 0 saturated heterocycles. The zero-order valence-electron chi connectivity index (χ0n) is 11.5. The van der Waals surface area contributed by atoms with Crippen molar-refractivity contribution in [1.29, 1.82) is 0 Å².